The minimum atomic E-state index is -0.300. The summed E-state index contributed by atoms with van der Waals surface area (Å²) >= 11 is 0. The van der Waals surface area contributed by atoms with E-state index in [4.69, 9.17) is 9.47 Å². The molecule has 3 aromatic rings. The normalized spacial score (nSPS) is 18.3. The van der Waals surface area contributed by atoms with E-state index in [-0.39, 0.29) is 24.4 Å². The first kappa shape index (κ1) is 22.4. The van der Waals surface area contributed by atoms with Crippen molar-refractivity contribution in [3.63, 3.8) is 0 Å². The monoisotopic (exact) mass is 460 g/mol. The highest BCUT2D eigenvalue weighted by atomic mass is 19.1. The number of fused-ring (bicyclic) bond motifs is 1. The molecule has 1 fully saturated rings. The topological polar surface area (TPSA) is 54.8 Å². The smallest absolute Gasteiger partial charge is 0.150 e. The van der Waals surface area contributed by atoms with Crippen molar-refractivity contribution in [3.8, 4) is 17.2 Å². The molecule has 1 aromatic heterocycles. The molecule has 2 aliphatic rings. The quantitative estimate of drug-likeness (QED) is 0.509. The standard InChI is InChI=1S/C28H29FN2O3/c1-18-15-30-10-9-24(18)27-19(2)25-13-22(32)5-8-26(25)34-28(27)21-3-6-23(7-4-21)33-12-11-31-16-20(14-29)17-31/h3-10,13,15,20,28,32H,11-12,14,16-17H2,1-2H3. The summed E-state index contributed by atoms with van der Waals surface area (Å²) in [7, 11) is 0. The average Bonchev–Trinajstić information content (AvgIpc) is 2.82. The van der Waals surface area contributed by atoms with Crippen LogP contribution in [0.3, 0.4) is 0 Å². The second kappa shape index (κ2) is 9.47. The third kappa shape index (κ3) is 4.38. The zero-order valence-electron chi connectivity index (χ0n) is 19.5. The number of ether oxygens (including phenoxy) is 2. The van der Waals surface area contributed by atoms with Gasteiger partial charge in [-0.2, -0.15) is 0 Å². The number of halogens is 1. The number of allylic oxidation sites excluding steroid dienone is 1. The first-order valence-corrected chi connectivity index (χ1v) is 11.7. The van der Waals surface area contributed by atoms with Gasteiger partial charge in [0.05, 0.1) is 6.67 Å². The minimum absolute atomic E-state index is 0.193. The molecular weight excluding hydrogens is 431 g/mol. The Morgan fingerprint density at radius 2 is 1.88 bits per heavy atom. The molecule has 1 saturated heterocycles. The van der Waals surface area contributed by atoms with Gasteiger partial charge in [-0.05, 0) is 72.5 Å². The Hall–Kier alpha value is -3.38. The van der Waals surface area contributed by atoms with Crippen LogP contribution in [0.4, 0.5) is 4.39 Å². The van der Waals surface area contributed by atoms with Crippen molar-refractivity contribution < 1.29 is 19.0 Å². The summed E-state index contributed by atoms with van der Waals surface area (Å²) in [6.07, 6.45) is 3.35. The van der Waals surface area contributed by atoms with E-state index in [2.05, 4.69) is 16.8 Å². The molecule has 34 heavy (non-hydrogen) atoms. The van der Waals surface area contributed by atoms with Crippen LogP contribution < -0.4 is 9.47 Å². The summed E-state index contributed by atoms with van der Waals surface area (Å²) < 4.78 is 25.0. The molecule has 0 amide bonds. The van der Waals surface area contributed by atoms with Gasteiger partial charge in [0, 0.05) is 49.1 Å². The van der Waals surface area contributed by atoms with Crippen molar-refractivity contribution in [1.82, 2.24) is 9.88 Å². The molecule has 5 rings (SSSR count). The fourth-order valence-corrected chi connectivity index (χ4v) is 4.78. The van der Waals surface area contributed by atoms with Gasteiger partial charge in [0.15, 0.2) is 0 Å². The predicted octanol–water partition coefficient (Wildman–Crippen LogP) is 5.44. The molecule has 176 valence electrons. The highest BCUT2D eigenvalue weighted by Crippen LogP contribution is 2.47. The molecule has 2 aromatic carbocycles. The van der Waals surface area contributed by atoms with Crippen LogP contribution in [0.2, 0.25) is 0 Å². The Balaban J connectivity index is 1.39. The number of nitrogens with zero attached hydrogens (tertiary/aromatic N) is 2. The number of hydrogen-bond acceptors (Lipinski definition) is 5. The van der Waals surface area contributed by atoms with Crippen LogP contribution >= 0.6 is 0 Å². The van der Waals surface area contributed by atoms with Crippen molar-refractivity contribution in [2.75, 3.05) is 32.9 Å². The molecule has 6 heteroatoms. The molecule has 0 saturated carbocycles. The van der Waals surface area contributed by atoms with Crippen LogP contribution in [-0.4, -0.2) is 47.9 Å². The molecule has 0 spiro atoms. The number of pyridine rings is 1. The number of phenolic OH excluding ortho intramolecular Hbond substituents is 1. The van der Waals surface area contributed by atoms with Gasteiger partial charge in [0.1, 0.15) is 30.0 Å². The Kier molecular flexibility index (Phi) is 6.24. The van der Waals surface area contributed by atoms with Gasteiger partial charge in [-0.25, -0.2) is 0 Å². The van der Waals surface area contributed by atoms with Gasteiger partial charge in [-0.15, -0.1) is 0 Å². The zero-order chi connectivity index (χ0) is 23.7. The summed E-state index contributed by atoms with van der Waals surface area (Å²) in [5, 5.41) is 10.1. The van der Waals surface area contributed by atoms with Gasteiger partial charge in [0.2, 0.25) is 0 Å². The van der Waals surface area contributed by atoms with Gasteiger partial charge < -0.3 is 14.6 Å². The Morgan fingerprint density at radius 3 is 2.62 bits per heavy atom. The number of benzene rings is 2. The molecule has 2 aliphatic heterocycles. The fraction of sp³-hybridized carbons (Fsp3) is 0.321. The molecule has 5 nitrogen and oxygen atoms in total. The summed E-state index contributed by atoms with van der Waals surface area (Å²) in [4.78, 5) is 6.46. The molecule has 3 heterocycles. The first-order valence-electron chi connectivity index (χ1n) is 11.7. The largest absolute Gasteiger partial charge is 0.508 e. The van der Waals surface area contributed by atoms with Gasteiger partial charge in [-0.3, -0.25) is 14.3 Å². The highest BCUT2D eigenvalue weighted by molar-refractivity contribution is 5.96. The number of rotatable bonds is 7. The van der Waals surface area contributed by atoms with E-state index in [0.29, 0.717) is 6.61 Å². The summed E-state index contributed by atoms with van der Waals surface area (Å²) in [6.45, 7) is 6.91. The molecule has 1 N–H and O–H groups in total. The lowest BCUT2D eigenvalue weighted by molar-refractivity contribution is 0.0668. The molecule has 0 aliphatic carbocycles. The maximum atomic E-state index is 12.6. The van der Waals surface area contributed by atoms with Crippen LogP contribution in [0.5, 0.6) is 17.2 Å². The van der Waals surface area contributed by atoms with Crippen molar-refractivity contribution >= 4 is 11.1 Å². The summed E-state index contributed by atoms with van der Waals surface area (Å²) in [5.41, 5.74) is 6.18. The maximum Gasteiger partial charge on any atom is 0.150 e. The van der Waals surface area contributed by atoms with Crippen LogP contribution in [0, 0.1) is 12.8 Å². The second-order valence-electron chi connectivity index (χ2n) is 9.11. The van der Waals surface area contributed by atoms with Crippen molar-refractivity contribution in [1.29, 1.82) is 0 Å². The summed E-state index contributed by atoms with van der Waals surface area (Å²) in [5.74, 6) is 1.96. The number of aromatic nitrogens is 1. The van der Waals surface area contributed by atoms with E-state index >= 15 is 0 Å². The van der Waals surface area contributed by atoms with E-state index in [9.17, 15) is 9.50 Å². The molecular formula is C28H29FN2O3. The van der Waals surface area contributed by atoms with Crippen molar-refractivity contribution in [2.45, 2.75) is 20.0 Å². The van der Waals surface area contributed by atoms with Gasteiger partial charge in [0.25, 0.3) is 0 Å². The predicted molar refractivity (Wildman–Crippen MR) is 131 cm³/mol. The lowest BCUT2D eigenvalue weighted by atomic mass is 9.85. The zero-order valence-corrected chi connectivity index (χ0v) is 19.5. The highest BCUT2D eigenvalue weighted by Gasteiger charge is 2.30. The Labute approximate surface area is 199 Å². The van der Waals surface area contributed by atoms with Crippen molar-refractivity contribution in [3.05, 3.63) is 83.2 Å². The van der Waals surface area contributed by atoms with Gasteiger partial charge >= 0.3 is 0 Å². The number of hydrogen-bond donors (Lipinski definition) is 1. The minimum Gasteiger partial charge on any atom is -0.508 e. The fourth-order valence-electron chi connectivity index (χ4n) is 4.78. The van der Waals surface area contributed by atoms with E-state index in [0.717, 1.165) is 64.5 Å². The lowest BCUT2D eigenvalue weighted by Crippen LogP contribution is -2.49. The van der Waals surface area contributed by atoms with E-state index in [1.54, 1.807) is 18.3 Å². The van der Waals surface area contributed by atoms with Crippen LogP contribution in [-0.2, 0) is 0 Å². The number of likely N-dealkylation sites (tertiary alicyclic amines) is 1. The van der Waals surface area contributed by atoms with Crippen LogP contribution in [0.1, 0.15) is 35.3 Å². The Morgan fingerprint density at radius 1 is 1.09 bits per heavy atom. The van der Waals surface area contributed by atoms with Crippen LogP contribution in [0.15, 0.2) is 60.9 Å². The van der Waals surface area contributed by atoms with E-state index in [1.807, 2.05) is 49.5 Å². The van der Waals surface area contributed by atoms with Crippen molar-refractivity contribution in [2.24, 2.45) is 5.92 Å². The SMILES string of the molecule is CC1=C(c2ccncc2C)C(c2ccc(OCCN3CC(CF)C3)cc2)Oc2ccc(O)cc21. The first-order chi connectivity index (χ1) is 16.5. The van der Waals surface area contributed by atoms with E-state index < -0.39 is 0 Å². The van der Waals surface area contributed by atoms with Gasteiger partial charge in [-0.1, -0.05) is 12.1 Å². The molecule has 1 unspecified atom stereocenters. The maximum absolute atomic E-state index is 12.6. The number of phenols is 1. The van der Waals surface area contributed by atoms with Crippen LogP contribution in [0.25, 0.3) is 11.1 Å². The lowest BCUT2D eigenvalue weighted by Gasteiger charge is -2.37. The molecule has 0 radical (unpaired) electrons. The second-order valence-corrected chi connectivity index (χ2v) is 9.11. The molecule has 1 atom stereocenters. The third-order valence-corrected chi connectivity index (χ3v) is 6.70. The summed E-state index contributed by atoms with van der Waals surface area (Å²) in [6, 6.07) is 15.3. The number of aromatic hydroxyl groups is 1. The third-order valence-electron chi connectivity index (χ3n) is 6.70. The Bertz CT molecular complexity index is 1200. The van der Waals surface area contributed by atoms with E-state index in [1.165, 1.54) is 0 Å². The molecule has 0 bridgehead atoms. The number of alkyl halides is 1. The number of aryl methyl sites for hydroxylation is 1. The average molecular weight is 461 g/mol.